The van der Waals surface area contributed by atoms with Crippen LogP contribution in [0.3, 0.4) is 0 Å². The summed E-state index contributed by atoms with van der Waals surface area (Å²) in [6.07, 6.45) is 2.21. The molecule has 0 aliphatic carbocycles. The Morgan fingerprint density at radius 2 is 1.93 bits per heavy atom. The molecule has 148 valence electrons. The lowest BCUT2D eigenvalue weighted by Gasteiger charge is -2.12. The second kappa shape index (κ2) is 9.37. The summed E-state index contributed by atoms with van der Waals surface area (Å²) in [7, 11) is 0. The first-order chi connectivity index (χ1) is 13.5. The Hall–Kier alpha value is -2.86. The van der Waals surface area contributed by atoms with Gasteiger partial charge in [0.25, 0.3) is 5.91 Å². The lowest BCUT2D eigenvalue weighted by molar-refractivity contribution is -0.119. The molecule has 1 atom stereocenters. The van der Waals surface area contributed by atoms with E-state index in [1.165, 1.54) is 0 Å². The first-order valence-electron chi connectivity index (χ1n) is 9.40. The maximum Gasteiger partial charge on any atom is 0.338 e. The van der Waals surface area contributed by atoms with E-state index in [0.717, 1.165) is 30.6 Å². The van der Waals surface area contributed by atoms with Crippen molar-refractivity contribution in [2.45, 2.75) is 32.8 Å². The molecular weight excluding hydrogens is 358 g/mol. The molecule has 1 amide bonds. The Morgan fingerprint density at radius 1 is 1.14 bits per heavy atom. The van der Waals surface area contributed by atoms with Gasteiger partial charge in [0.15, 0.2) is 6.61 Å². The SMILES string of the molecule is Cc1cccc(NC(=O)COC(=O)c2ccc(OC[C@H]3CCCO3)cc2)c1C. The molecule has 6 heteroatoms. The third-order valence-corrected chi connectivity index (χ3v) is 4.76. The zero-order chi connectivity index (χ0) is 19.9. The number of carbonyl (C=O) groups is 2. The molecule has 6 nitrogen and oxygen atoms in total. The van der Waals surface area contributed by atoms with Crippen LogP contribution in [0.1, 0.15) is 34.3 Å². The fourth-order valence-corrected chi connectivity index (χ4v) is 2.94. The maximum absolute atomic E-state index is 12.1. The lowest BCUT2D eigenvalue weighted by atomic mass is 10.1. The van der Waals surface area contributed by atoms with E-state index < -0.39 is 5.97 Å². The van der Waals surface area contributed by atoms with Crippen LogP contribution in [0, 0.1) is 13.8 Å². The minimum Gasteiger partial charge on any atom is -0.491 e. The van der Waals surface area contributed by atoms with Crippen LogP contribution in [-0.4, -0.2) is 37.8 Å². The lowest BCUT2D eigenvalue weighted by Crippen LogP contribution is -2.21. The number of benzene rings is 2. The summed E-state index contributed by atoms with van der Waals surface area (Å²) in [6.45, 7) is 4.85. The second-order valence-electron chi connectivity index (χ2n) is 6.84. The highest BCUT2D eigenvalue weighted by molar-refractivity contribution is 5.96. The van der Waals surface area contributed by atoms with Crippen molar-refractivity contribution in [1.29, 1.82) is 0 Å². The minimum absolute atomic E-state index is 0.139. The van der Waals surface area contributed by atoms with E-state index in [9.17, 15) is 9.59 Å². The summed E-state index contributed by atoms with van der Waals surface area (Å²) >= 11 is 0. The molecular formula is C22H25NO5. The molecule has 1 N–H and O–H groups in total. The fraction of sp³-hybridized carbons (Fsp3) is 0.364. The Morgan fingerprint density at radius 3 is 2.64 bits per heavy atom. The van der Waals surface area contributed by atoms with E-state index >= 15 is 0 Å². The van der Waals surface area contributed by atoms with Gasteiger partial charge in [-0.05, 0) is 68.1 Å². The maximum atomic E-state index is 12.1. The van der Waals surface area contributed by atoms with Crippen molar-refractivity contribution in [2.75, 3.05) is 25.1 Å². The number of nitrogens with one attached hydrogen (secondary N) is 1. The van der Waals surface area contributed by atoms with E-state index in [-0.39, 0.29) is 18.6 Å². The number of hydrogen-bond donors (Lipinski definition) is 1. The van der Waals surface area contributed by atoms with Gasteiger partial charge in [-0.3, -0.25) is 4.79 Å². The smallest absolute Gasteiger partial charge is 0.338 e. The molecule has 28 heavy (non-hydrogen) atoms. The van der Waals surface area contributed by atoms with Gasteiger partial charge < -0.3 is 19.5 Å². The van der Waals surface area contributed by atoms with Gasteiger partial charge in [-0.2, -0.15) is 0 Å². The van der Waals surface area contributed by atoms with Crippen molar-refractivity contribution >= 4 is 17.6 Å². The third kappa shape index (κ3) is 5.33. The van der Waals surface area contributed by atoms with E-state index in [0.29, 0.717) is 23.6 Å². The van der Waals surface area contributed by atoms with E-state index in [1.54, 1.807) is 24.3 Å². The average Bonchev–Trinajstić information content (AvgIpc) is 3.22. The Balaban J connectivity index is 1.46. The zero-order valence-corrected chi connectivity index (χ0v) is 16.2. The number of anilines is 1. The molecule has 2 aromatic carbocycles. The highest BCUT2D eigenvalue weighted by atomic mass is 16.5. The van der Waals surface area contributed by atoms with E-state index in [1.807, 2.05) is 32.0 Å². The van der Waals surface area contributed by atoms with Crippen LogP contribution in [0.5, 0.6) is 5.75 Å². The van der Waals surface area contributed by atoms with Crippen molar-refractivity contribution in [3.63, 3.8) is 0 Å². The fourth-order valence-electron chi connectivity index (χ4n) is 2.94. The third-order valence-electron chi connectivity index (χ3n) is 4.76. The molecule has 0 saturated carbocycles. The molecule has 0 aromatic heterocycles. The van der Waals surface area contributed by atoms with Crippen LogP contribution >= 0.6 is 0 Å². The molecule has 1 fully saturated rings. The molecule has 0 radical (unpaired) electrons. The highest BCUT2D eigenvalue weighted by Gasteiger charge is 2.16. The van der Waals surface area contributed by atoms with Gasteiger partial charge in [0.05, 0.1) is 11.7 Å². The largest absolute Gasteiger partial charge is 0.491 e. The number of hydrogen-bond acceptors (Lipinski definition) is 5. The zero-order valence-electron chi connectivity index (χ0n) is 16.2. The van der Waals surface area contributed by atoms with Crippen molar-refractivity contribution < 1.29 is 23.8 Å². The quantitative estimate of drug-likeness (QED) is 0.739. The molecule has 1 saturated heterocycles. The topological polar surface area (TPSA) is 73.9 Å². The summed E-state index contributed by atoms with van der Waals surface area (Å²) in [5, 5.41) is 2.76. The average molecular weight is 383 g/mol. The van der Waals surface area contributed by atoms with Crippen LogP contribution in [0.2, 0.25) is 0 Å². The number of rotatable bonds is 7. The van der Waals surface area contributed by atoms with Gasteiger partial charge in [-0.15, -0.1) is 0 Å². The van der Waals surface area contributed by atoms with E-state index in [2.05, 4.69) is 5.32 Å². The number of esters is 1. The standard InChI is InChI=1S/C22H25NO5/c1-15-5-3-7-20(16(15)2)23-21(24)14-28-22(25)17-8-10-18(11-9-17)27-13-19-6-4-12-26-19/h3,5,7-11,19H,4,6,12-14H2,1-2H3,(H,23,24)/t19-/m1/s1. The predicted molar refractivity (Wildman–Crippen MR) is 106 cm³/mol. The van der Waals surface area contributed by atoms with Crippen molar-refractivity contribution in [2.24, 2.45) is 0 Å². The van der Waals surface area contributed by atoms with Crippen LogP contribution in [0.4, 0.5) is 5.69 Å². The summed E-state index contributed by atoms with van der Waals surface area (Å²) < 4.78 is 16.3. The van der Waals surface area contributed by atoms with Crippen LogP contribution in [0.25, 0.3) is 0 Å². The summed E-state index contributed by atoms with van der Waals surface area (Å²) in [4.78, 5) is 24.2. The van der Waals surface area contributed by atoms with Gasteiger partial charge in [-0.1, -0.05) is 12.1 Å². The second-order valence-corrected chi connectivity index (χ2v) is 6.84. The molecule has 1 heterocycles. The molecule has 1 aliphatic heterocycles. The monoisotopic (exact) mass is 383 g/mol. The minimum atomic E-state index is -0.554. The van der Waals surface area contributed by atoms with Crippen molar-refractivity contribution in [1.82, 2.24) is 0 Å². The molecule has 0 bridgehead atoms. The Kier molecular flexibility index (Phi) is 6.66. The predicted octanol–water partition coefficient (Wildman–Crippen LogP) is 3.66. The molecule has 1 aliphatic rings. The normalized spacial score (nSPS) is 15.9. The van der Waals surface area contributed by atoms with Crippen LogP contribution in [-0.2, 0) is 14.3 Å². The van der Waals surface area contributed by atoms with Gasteiger partial charge in [0.2, 0.25) is 0 Å². The summed E-state index contributed by atoms with van der Waals surface area (Å²) in [5.41, 5.74) is 3.15. The number of amides is 1. The van der Waals surface area contributed by atoms with Gasteiger partial charge >= 0.3 is 5.97 Å². The van der Waals surface area contributed by atoms with Crippen LogP contribution in [0.15, 0.2) is 42.5 Å². The first-order valence-corrected chi connectivity index (χ1v) is 9.40. The first kappa shape index (κ1) is 19.9. The molecule has 3 rings (SSSR count). The summed E-state index contributed by atoms with van der Waals surface area (Å²) in [6, 6.07) is 12.3. The molecule has 0 unspecified atom stereocenters. The summed E-state index contributed by atoms with van der Waals surface area (Å²) in [5.74, 6) is -0.264. The highest BCUT2D eigenvalue weighted by Crippen LogP contribution is 2.18. The number of ether oxygens (including phenoxy) is 3. The van der Waals surface area contributed by atoms with Crippen LogP contribution < -0.4 is 10.1 Å². The Labute approximate surface area is 164 Å². The van der Waals surface area contributed by atoms with Crippen molar-refractivity contribution in [3.05, 3.63) is 59.2 Å². The van der Waals surface area contributed by atoms with E-state index in [4.69, 9.17) is 14.2 Å². The molecule has 2 aromatic rings. The van der Waals surface area contributed by atoms with Gasteiger partial charge in [0, 0.05) is 12.3 Å². The van der Waals surface area contributed by atoms with Gasteiger partial charge in [0.1, 0.15) is 12.4 Å². The van der Waals surface area contributed by atoms with Gasteiger partial charge in [-0.25, -0.2) is 4.79 Å². The number of aryl methyl sites for hydroxylation is 1. The number of carbonyl (C=O) groups excluding carboxylic acids is 2. The van der Waals surface area contributed by atoms with Crippen molar-refractivity contribution in [3.8, 4) is 5.75 Å². The molecule has 0 spiro atoms. The Bertz CT molecular complexity index is 825.